The van der Waals surface area contributed by atoms with Crippen LogP contribution in [0.25, 0.3) is 0 Å². The van der Waals surface area contributed by atoms with Crippen molar-refractivity contribution >= 4 is 6.03 Å². The van der Waals surface area contributed by atoms with Gasteiger partial charge in [-0.05, 0) is 6.42 Å². The smallest absolute Gasteiger partial charge is 0.243 e. The first-order valence-electron chi connectivity index (χ1n) is 2.74. The number of nitrogens with two attached hydrogens (primary N) is 1. The highest BCUT2D eigenvalue weighted by molar-refractivity contribution is 5.75. The van der Waals surface area contributed by atoms with E-state index in [1.165, 1.54) is 0 Å². The van der Waals surface area contributed by atoms with E-state index in [9.17, 15) is 4.79 Å². The van der Waals surface area contributed by atoms with E-state index in [0.717, 1.165) is 5.01 Å². The molecule has 1 aliphatic heterocycles. The first kappa shape index (κ1) is 6.15. The van der Waals surface area contributed by atoms with Crippen molar-refractivity contribution in [1.29, 1.82) is 0 Å². The molecule has 0 aromatic rings. The highest BCUT2D eigenvalue weighted by Crippen LogP contribution is 2.10. The van der Waals surface area contributed by atoms with Gasteiger partial charge in [0.05, 0.1) is 0 Å². The number of rotatable bonds is 1. The van der Waals surface area contributed by atoms with Crippen molar-refractivity contribution in [3.8, 4) is 0 Å². The molecule has 0 bridgehead atoms. The summed E-state index contributed by atoms with van der Waals surface area (Å²) in [5, 5.41) is 7.88. The van der Waals surface area contributed by atoms with Crippen LogP contribution in [0.5, 0.6) is 0 Å². The minimum Gasteiger partial charge on any atom is -0.243 e. The Bertz CT molecular complexity index is 155. The van der Waals surface area contributed by atoms with Crippen molar-refractivity contribution in [1.82, 2.24) is 5.01 Å². The number of hydrazine groups is 1. The van der Waals surface area contributed by atoms with Gasteiger partial charge in [0.2, 0.25) is 0 Å². The number of hydrogen-bond acceptors (Lipinski definition) is 3. The molecule has 5 nitrogen and oxygen atoms in total. The van der Waals surface area contributed by atoms with Crippen LogP contribution in [-0.4, -0.2) is 17.2 Å². The summed E-state index contributed by atoms with van der Waals surface area (Å²) in [6.07, 6.45) is 0.476. The SMILES string of the molecule is CCC1N=NC(=O)N1N. The quantitative estimate of drug-likeness (QED) is 0.412. The highest BCUT2D eigenvalue weighted by Gasteiger charge is 2.23. The van der Waals surface area contributed by atoms with E-state index >= 15 is 0 Å². The molecular formula is C4H8N4O. The van der Waals surface area contributed by atoms with Crippen LogP contribution in [0.4, 0.5) is 4.79 Å². The van der Waals surface area contributed by atoms with E-state index in [1.807, 2.05) is 6.92 Å². The summed E-state index contributed by atoms with van der Waals surface area (Å²) >= 11 is 0. The van der Waals surface area contributed by atoms with Crippen molar-refractivity contribution in [2.24, 2.45) is 16.1 Å². The number of azo groups is 1. The second kappa shape index (κ2) is 2.10. The summed E-state index contributed by atoms with van der Waals surface area (Å²) in [7, 11) is 0. The maximum absolute atomic E-state index is 10.5. The van der Waals surface area contributed by atoms with Gasteiger partial charge in [-0.1, -0.05) is 12.0 Å². The molecule has 0 spiro atoms. The Hall–Kier alpha value is -0.970. The molecule has 2 N–H and O–H groups in total. The van der Waals surface area contributed by atoms with Gasteiger partial charge in [0.25, 0.3) is 0 Å². The third-order valence-electron chi connectivity index (χ3n) is 1.18. The normalized spacial score (nSPS) is 25.8. The Balaban J connectivity index is 2.62. The van der Waals surface area contributed by atoms with Crippen LogP contribution in [0.2, 0.25) is 0 Å². The second-order valence-corrected chi connectivity index (χ2v) is 1.79. The molecule has 1 atom stereocenters. The molecule has 0 radical (unpaired) electrons. The third kappa shape index (κ3) is 0.904. The molecule has 0 aromatic carbocycles. The number of hydrogen-bond donors (Lipinski definition) is 1. The topological polar surface area (TPSA) is 71.0 Å². The maximum Gasteiger partial charge on any atom is 0.378 e. The fourth-order valence-electron chi connectivity index (χ4n) is 0.629. The molecule has 1 heterocycles. The van der Waals surface area contributed by atoms with E-state index in [4.69, 9.17) is 5.84 Å². The predicted molar refractivity (Wildman–Crippen MR) is 30.4 cm³/mol. The second-order valence-electron chi connectivity index (χ2n) is 1.79. The minimum absolute atomic E-state index is 0.238. The van der Waals surface area contributed by atoms with Gasteiger partial charge >= 0.3 is 6.03 Å². The average Bonchev–Trinajstić information content (AvgIpc) is 2.15. The lowest BCUT2D eigenvalue weighted by Crippen LogP contribution is -2.38. The van der Waals surface area contributed by atoms with Crippen molar-refractivity contribution in [3.63, 3.8) is 0 Å². The number of carbonyl (C=O) groups is 1. The number of amides is 2. The van der Waals surface area contributed by atoms with Gasteiger partial charge in [-0.15, -0.1) is 0 Å². The fraction of sp³-hybridized carbons (Fsp3) is 0.750. The molecular weight excluding hydrogens is 120 g/mol. The lowest BCUT2D eigenvalue weighted by molar-refractivity contribution is 0.201. The zero-order chi connectivity index (χ0) is 6.85. The van der Waals surface area contributed by atoms with Gasteiger partial charge in [-0.25, -0.2) is 15.6 Å². The summed E-state index contributed by atoms with van der Waals surface area (Å²) in [6, 6.07) is -0.457. The third-order valence-corrected chi connectivity index (χ3v) is 1.18. The van der Waals surface area contributed by atoms with Crippen LogP contribution in [-0.2, 0) is 0 Å². The van der Waals surface area contributed by atoms with Gasteiger partial charge in [-0.3, -0.25) is 0 Å². The molecule has 1 rings (SSSR count). The van der Waals surface area contributed by atoms with E-state index in [1.54, 1.807) is 0 Å². The van der Waals surface area contributed by atoms with Gasteiger partial charge in [-0.2, -0.15) is 5.11 Å². The Morgan fingerprint density at radius 1 is 1.89 bits per heavy atom. The number of urea groups is 1. The van der Waals surface area contributed by atoms with Crippen molar-refractivity contribution < 1.29 is 4.79 Å². The summed E-state index contributed by atoms with van der Waals surface area (Å²) < 4.78 is 0. The largest absolute Gasteiger partial charge is 0.378 e. The first-order valence-corrected chi connectivity index (χ1v) is 2.74. The van der Waals surface area contributed by atoms with Crippen LogP contribution in [0.15, 0.2) is 10.2 Å². The number of nitrogens with zero attached hydrogens (tertiary/aromatic N) is 3. The lowest BCUT2D eigenvalue weighted by Gasteiger charge is -2.11. The Morgan fingerprint density at radius 2 is 2.56 bits per heavy atom. The fourth-order valence-corrected chi connectivity index (χ4v) is 0.629. The minimum atomic E-state index is -0.457. The molecule has 0 saturated carbocycles. The van der Waals surface area contributed by atoms with E-state index in [0.29, 0.717) is 6.42 Å². The van der Waals surface area contributed by atoms with E-state index in [-0.39, 0.29) is 6.17 Å². The molecule has 9 heavy (non-hydrogen) atoms. The van der Waals surface area contributed by atoms with E-state index < -0.39 is 6.03 Å². The molecule has 0 aromatic heterocycles. The number of carbonyl (C=O) groups excluding carboxylic acids is 1. The van der Waals surface area contributed by atoms with Gasteiger partial charge < -0.3 is 0 Å². The average molecular weight is 128 g/mol. The maximum atomic E-state index is 10.5. The molecule has 5 heteroatoms. The molecule has 0 aliphatic carbocycles. The molecule has 2 amide bonds. The molecule has 1 aliphatic rings. The van der Waals surface area contributed by atoms with Gasteiger partial charge in [0.15, 0.2) is 6.17 Å². The van der Waals surface area contributed by atoms with Crippen LogP contribution >= 0.6 is 0 Å². The van der Waals surface area contributed by atoms with Crippen molar-refractivity contribution in [3.05, 3.63) is 0 Å². The summed E-state index contributed by atoms with van der Waals surface area (Å²) in [5.74, 6) is 5.23. The van der Waals surface area contributed by atoms with Crippen molar-refractivity contribution in [2.45, 2.75) is 19.5 Å². The lowest BCUT2D eigenvalue weighted by atomic mass is 10.4. The predicted octanol–water partition coefficient (Wildman–Crippen LogP) is 0.484. The Morgan fingerprint density at radius 3 is 2.78 bits per heavy atom. The van der Waals surface area contributed by atoms with Crippen molar-refractivity contribution in [2.75, 3.05) is 0 Å². The summed E-state index contributed by atoms with van der Waals surface area (Å²) in [6.45, 7) is 1.89. The first-order chi connectivity index (χ1) is 4.25. The Labute approximate surface area is 52.5 Å². The molecule has 0 fully saturated rings. The van der Waals surface area contributed by atoms with Crippen LogP contribution in [0.1, 0.15) is 13.3 Å². The standard InChI is InChI=1S/C4H8N4O/c1-2-3-6-7-4(9)8(3)5/h3H,2,5H2,1H3. The van der Waals surface area contributed by atoms with Crippen LogP contribution in [0, 0.1) is 0 Å². The Kier molecular flexibility index (Phi) is 1.44. The van der Waals surface area contributed by atoms with Crippen LogP contribution < -0.4 is 5.84 Å². The van der Waals surface area contributed by atoms with E-state index in [2.05, 4.69) is 10.2 Å². The summed E-state index contributed by atoms with van der Waals surface area (Å²) in [5.41, 5.74) is 0. The molecule has 1 unspecified atom stereocenters. The monoisotopic (exact) mass is 128 g/mol. The van der Waals surface area contributed by atoms with Gasteiger partial charge in [0, 0.05) is 0 Å². The summed E-state index contributed by atoms with van der Waals surface area (Å²) in [4.78, 5) is 10.5. The molecule has 0 saturated heterocycles. The molecule has 50 valence electrons. The zero-order valence-electron chi connectivity index (χ0n) is 5.11. The highest BCUT2D eigenvalue weighted by atomic mass is 16.2. The van der Waals surface area contributed by atoms with Crippen LogP contribution in [0.3, 0.4) is 0 Å². The van der Waals surface area contributed by atoms with Gasteiger partial charge in [0.1, 0.15) is 0 Å². The zero-order valence-corrected chi connectivity index (χ0v) is 5.11.